The molecule has 2 aromatic rings. The van der Waals surface area contributed by atoms with Crippen molar-refractivity contribution in [3.8, 4) is 11.5 Å². The number of hydrogen-bond acceptors (Lipinski definition) is 4. The highest BCUT2D eigenvalue weighted by Gasteiger charge is 2.12. The SMILES string of the molecule is CCCCCCOc1ccc(C(=O)Oc2ccc(NC(C)=O)cc2)cc1Br. The molecule has 6 heteroatoms. The molecule has 0 radical (unpaired) electrons. The fraction of sp³-hybridized carbons (Fsp3) is 0.333. The number of esters is 1. The van der Waals surface area contributed by atoms with Gasteiger partial charge in [0, 0.05) is 12.6 Å². The molecule has 1 amide bonds. The zero-order valence-corrected chi connectivity index (χ0v) is 17.2. The van der Waals surface area contributed by atoms with E-state index in [0.717, 1.165) is 12.8 Å². The quantitative estimate of drug-likeness (QED) is 0.318. The topological polar surface area (TPSA) is 64.6 Å². The summed E-state index contributed by atoms with van der Waals surface area (Å²) in [6.07, 6.45) is 4.56. The second-order valence-corrected chi connectivity index (χ2v) is 7.00. The van der Waals surface area contributed by atoms with Crippen LogP contribution in [0.1, 0.15) is 49.9 Å². The largest absolute Gasteiger partial charge is 0.492 e. The maximum absolute atomic E-state index is 12.3. The molecule has 0 aromatic heterocycles. The van der Waals surface area contributed by atoms with E-state index in [1.54, 1.807) is 42.5 Å². The van der Waals surface area contributed by atoms with Crippen molar-refractivity contribution in [3.05, 3.63) is 52.5 Å². The standard InChI is InChI=1S/C21H24BrNO4/c1-3-4-5-6-13-26-20-12-7-16(14-19(20)22)21(25)27-18-10-8-17(9-11-18)23-15(2)24/h7-12,14H,3-6,13H2,1-2H3,(H,23,24). The van der Waals surface area contributed by atoms with Gasteiger partial charge >= 0.3 is 5.97 Å². The molecule has 0 unspecified atom stereocenters. The Hall–Kier alpha value is -2.34. The summed E-state index contributed by atoms with van der Waals surface area (Å²) < 4.78 is 11.8. The van der Waals surface area contributed by atoms with Gasteiger partial charge in [0.2, 0.25) is 5.91 Å². The van der Waals surface area contributed by atoms with E-state index < -0.39 is 5.97 Å². The zero-order chi connectivity index (χ0) is 19.6. The van der Waals surface area contributed by atoms with Crippen LogP contribution in [0.5, 0.6) is 11.5 Å². The predicted octanol–water partition coefficient (Wildman–Crippen LogP) is 5.59. The van der Waals surface area contributed by atoms with E-state index in [0.29, 0.717) is 33.8 Å². The number of amides is 1. The number of halogens is 1. The smallest absolute Gasteiger partial charge is 0.343 e. The molecule has 0 aliphatic carbocycles. The normalized spacial score (nSPS) is 10.3. The number of carbonyl (C=O) groups is 2. The van der Waals surface area contributed by atoms with E-state index in [-0.39, 0.29) is 5.91 Å². The molecular formula is C21H24BrNO4. The molecule has 1 N–H and O–H groups in total. The van der Waals surface area contributed by atoms with Crippen molar-refractivity contribution in [2.75, 3.05) is 11.9 Å². The molecule has 0 saturated carbocycles. The summed E-state index contributed by atoms with van der Waals surface area (Å²) >= 11 is 3.44. The van der Waals surface area contributed by atoms with Crippen LogP contribution in [0.3, 0.4) is 0 Å². The van der Waals surface area contributed by atoms with Gasteiger partial charge in [-0.2, -0.15) is 0 Å². The summed E-state index contributed by atoms with van der Waals surface area (Å²) in [6, 6.07) is 11.7. The number of rotatable bonds is 9. The molecule has 2 rings (SSSR count). The van der Waals surface area contributed by atoms with Crippen LogP contribution >= 0.6 is 15.9 Å². The van der Waals surface area contributed by atoms with Gasteiger partial charge in [0.25, 0.3) is 0 Å². The summed E-state index contributed by atoms with van der Waals surface area (Å²) in [7, 11) is 0. The zero-order valence-electron chi connectivity index (χ0n) is 15.6. The predicted molar refractivity (Wildman–Crippen MR) is 109 cm³/mol. The van der Waals surface area contributed by atoms with Crippen LogP contribution < -0.4 is 14.8 Å². The number of carbonyl (C=O) groups excluding carboxylic acids is 2. The van der Waals surface area contributed by atoms with Crippen LogP contribution in [0.4, 0.5) is 5.69 Å². The fourth-order valence-electron chi connectivity index (χ4n) is 2.43. The van der Waals surface area contributed by atoms with Gasteiger partial charge in [-0.3, -0.25) is 4.79 Å². The molecule has 2 aromatic carbocycles. The maximum atomic E-state index is 12.3. The van der Waals surface area contributed by atoms with Crippen LogP contribution in [-0.4, -0.2) is 18.5 Å². The Morgan fingerprint density at radius 2 is 1.78 bits per heavy atom. The number of unbranched alkanes of at least 4 members (excludes halogenated alkanes) is 3. The Bertz CT molecular complexity index is 774. The number of ether oxygens (including phenoxy) is 2. The Morgan fingerprint density at radius 3 is 2.41 bits per heavy atom. The average molecular weight is 434 g/mol. The fourth-order valence-corrected chi connectivity index (χ4v) is 2.92. The summed E-state index contributed by atoms with van der Waals surface area (Å²) in [4.78, 5) is 23.3. The molecule has 27 heavy (non-hydrogen) atoms. The first-order chi connectivity index (χ1) is 13.0. The molecule has 0 spiro atoms. The van der Waals surface area contributed by atoms with Gasteiger partial charge in [0.05, 0.1) is 16.6 Å². The van der Waals surface area contributed by atoms with Crippen LogP contribution in [0.2, 0.25) is 0 Å². The maximum Gasteiger partial charge on any atom is 0.343 e. The van der Waals surface area contributed by atoms with Gasteiger partial charge in [-0.15, -0.1) is 0 Å². The Labute approximate surface area is 168 Å². The van der Waals surface area contributed by atoms with Gasteiger partial charge in [0.15, 0.2) is 0 Å². The van der Waals surface area contributed by atoms with E-state index in [1.807, 2.05) is 0 Å². The Balaban J connectivity index is 1.92. The molecule has 0 atom stereocenters. The number of nitrogens with one attached hydrogen (secondary N) is 1. The third kappa shape index (κ3) is 7.06. The van der Waals surface area contributed by atoms with Crippen molar-refractivity contribution < 1.29 is 19.1 Å². The summed E-state index contributed by atoms with van der Waals surface area (Å²) in [6.45, 7) is 4.26. The summed E-state index contributed by atoms with van der Waals surface area (Å²) in [5, 5.41) is 2.66. The molecule has 0 heterocycles. The third-order valence-corrected chi connectivity index (χ3v) is 4.43. The average Bonchev–Trinajstić information content (AvgIpc) is 2.63. The first kappa shape index (κ1) is 21.0. The third-order valence-electron chi connectivity index (χ3n) is 3.81. The number of benzene rings is 2. The molecule has 5 nitrogen and oxygen atoms in total. The van der Waals surface area contributed by atoms with Crippen molar-refractivity contribution >= 4 is 33.5 Å². The van der Waals surface area contributed by atoms with Gasteiger partial charge in [-0.05, 0) is 64.8 Å². The van der Waals surface area contributed by atoms with Crippen LogP contribution in [-0.2, 0) is 4.79 Å². The lowest BCUT2D eigenvalue weighted by Crippen LogP contribution is -2.09. The van der Waals surface area contributed by atoms with E-state index in [4.69, 9.17) is 9.47 Å². The van der Waals surface area contributed by atoms with Crippen molar-refractivity contribution in [2.24, 2.45) is 0 Å². The van der Waals surface area contributed by atoms with E-state index >= 15 is 0 Å². The summed E-state index contributed by atoms with van der Waals surface area (Å²) in [5.41, 5.74) is 1.07. The molecule has 144 valence electrons. The molecule has 0 aliphatic heterocycles. The van der Waals surface area contributed by atoms with Crippen LogP contribution in [0.15, 0.2) is 46.9 Å². The Morgan fingerprint density at radius 1 is 1.04 bits per heavy atom. The summed E-state index contributed by atoms with van der Waals surface area (Å²) in [5.74, 6) is 0.499. The Kier molecular flexibility index (Phi) is 8.33. The van der Waals surface area contributed by atoms with Crippen molar-refractivity contribution in [2.45, 2.75) is 39.5 Å². The highest BCUT2D eigenvalue weighted by Crippen LogP contribution is 2.27. The van der Waals surface area contributed by atoms with Crippen molar-refractivity contribution in [1.82, 2.24) is 0 Å². The molecule has 0 bridgehead atoms. The first-order valence-electron chi connectivity index (χ1n) is 9.01. The van der Waals surface area contributed by atoms with Crippen molar-refractivity contribution in [3.63, 3.8) is 0 Å². The first-order valence-corrected chi connectivity index (χ1v) is 9.81. The minimum Gasteiger partial charge on any atom is -0.492 e. The highest BCUT2D eigenvalue weighted by molar-refractivity contribution is 9.10. The van der Waals surface area contributed by atoms with Gasteiger partial charge < -0.3 is 14.8 Å². The van der Waals surface area contributed by atoms with Crippen LogP contribution in [0, 0.1) is 0 Å². The molecular weight excluding hydrogens is 410 g/mol. The molecule has 0 aliphatic rings. The highest BCUT2D eigenvalue weighted by atomic mass is 79.9. The van der Waals surface area contributed by atoms with Crippen molar-refractivity contribution in [1.29, 1.82) is 0 Å². The van der Waals surface area contributed by atoms with E-state index in [2.05, 4.69) is 28.2 Å². The minimum absolute atomic E-state index is 0.155. The second kappa shape index (κ2) is 10.7. The lowest BCUT2D eigenvalue weighted by Gasteiger charge is -2.10. The van der Waals surface area contributed by atoms with E-state index in [1.165, 1.54) is 19.8 Å². The van der Waals surface area contributed by atoms with Crippen LogP contribution in [0.25, 0.3) is 0 Å². The number of hydrogen-bond donors (Lipinski definition) is 1. The molecule has 0 saturated heterocycles. The van der Waals surface area contributed by atoms with Gasteiger partial charge in [-0.25, -0.2) is 4.79 Å². The lowest BCUT2D eigenvalue weighted by atomic mass is 10.2. The monoisotopic (exact) mass is 433 g/mol. The van der Waals surface area contributed by atoms with Gasteiger partial charge in [-0.1, -0.05) is 26.2 Å². The van der Waals surface area contributed by atoms with Gasteiger partial charge in [0.1, 0.15) is 11.5 Å². The minimum atomic E-state index is -0.461. The number of anilines is 1. The van der Waals surface area contributed by atoms with E-state index in [9.17, 15) is 9.59 Å². The lowest BCUT2D eigenvalue weighted by molar-refractivity contribution is -0.114. The second-order valence-electron chi connectivity index (χ2n) is 6.15. The molecule has 0 fully saturated rings.